The molecule has 1 aliphatic rings. The molecule has 1 aromatic carbocycles. The van der Waals surface area contributed by atoms with E-state index in [-0.39, 0.29) is 6.54 Å². The minimum Gasteiger partial charge on any atom is -0.444 e. The number of alkyl carbamates (subject to hydrolysis) is 1. The van der Waals surface area contributed by atoms with E-state index in [0.29, 0.717) is 0 Å². The van der Waals surface area contributed by atoms with Gasteiger partial charge in [0.2, 0.25) is 0 Å². The van der Waals surface area contributed by atoms with Gasteiger partial charge in [-0.15, -0.1) is 0 Å². The molecular weight excluding hydrogens is 379 g/mol. The normalized spacial score (nSPS) is 18.5. The number of benzene rings is 1. The molecule has 0 unspecified atom stereocenters. The van der Waals surface area contributed by atoms with Crippen LogP contribution in [-0.4, -0.2) is 41.5 Å². The second kappa shape index (κ2) is 8.04. The maximum Gasteiger partial charge on any atom is 0.492 e. The first-order chi connectivity index (χ1) is 13.9. The lowest BCUT2D eigenvalue weighted by Gasteiger charge is -2.32. The molecule has 2 aromatic rings. The quantitative estimate of drug-likeness (QED) is 0.735. The van der Waals surface area contributed by atoms with Crippen molar-refractivity contribution in [1.29, 1.82) is 0 Å². The lowest BCUT2D eigenvalue weighted by Crippen LogP contribution is -2.41. The zero-order valence-electron chi connectivity index (χ0n) is 18.9. The van der Waals surface area contributed by atoms with E-state index < -0.39 is 30.0 Å². The number of hydrogen-bond donors (Lipinski definition) is 1. The molecule has 1 fully saturated rings. The molecule has 0 saturated carbocycles. The summed E-state index contributed by atoms with van der Waals surface area (Å²) in [7, 11) is -0.575. The second-order valence-electron chi connectivity index (χ2n) is 9.62. The van der Waals surface area contributed by atoms with Crippen LogP contribution in [0.5, 0.6) is 0 Å². The molecule has 1 saturated heterocycles. The fourth-order valence-corrected chi connectivity index (χ4v) is 3.08. The number of fused-ring (bicyclic) bond motifs is 1. The van der Waals surface area contributed by atoms with E-state index in [1.165, 1.54) is 0 Å². The van der Waals surface area contributed by atoms with Gasteiger partial charge in [-0.2, -0.15) is 0 Å². The molecule has 0 bridgehead atoms. The van der Waals surface area contributed by atoms with Gasteiger partial charge in [0.05, 0.1) is 16.7 Å². The number of nitrogens with one attached hydrogen (secondary N) is 1. The molecule has 1 amide bonds. The van der Waals surface area contributed by atoms with Crippen LogP contribution in [-0.2, 0) is 14.0 Å². The number of carbonyl (C=O) groups excluding carboxylic acids is 1. The van der Waals surface area contributed by atoms with Crippen molar-refractivity contribution in [3.05, 3.63) is 47.6 Å². The SMILES string of the molecule is CC(C)(C)OC(=O)NCC(=Cc1ccc2ncccc2c1)B1OC(C)(C)C(C)(C)O1. The highest BCUT2D eigenvalue weighted by Gasteiger charge is 2.52. The predicted molar refractivity (Wildman–Crippen MR) is 120 cm³/mol. The van der Waals surface area contributed by atoms with Gasteiger partial charge in [-0.3, -0.25) is 4.98 Å². The highest BCUT2D eigenvalue weighted by molar-refractivity contribution is 6.56. The van der Waals surface area contributed by atoms with Crippen LogP contribution in [0.2, 0.25) is 0 Å². The second-order valence-corrected chi connectivity index (χ2v) is 9.62. The Morgan fingerprint density at radius 3 is 2.47 bits per heavy atom. The number of amides is 1. The lowest BCUT2D eigenvalue weighted by molar-refractivity contribution is 0.00578. The highest BCUT2D eigenvalue weighted by atomic mass is 16.7. The largest absolute Gasteiger partial charge is 0.492 e. The van der Waals surface area contributed by atoms with Crippen LogP contribution in [0, 0.1) is 0 Å². The number of aromatic nitrogens is 1. The Labute approximate surface area is 179 Å². The molecule has 0 spiro atoms. The molecule has 0 aliphatic carbocycles. The molecule has 2 heterocycles. The van der Waals surface area contributed by atoms with Gasteiger partial charge >= 0.3 is 13.2 Å². The van der Waals surface area contributed by atoms with Gasteiger partial charge in [-0.25, -0.2) is 4.79 Å². The molecule has 0 atom stereocenters. The van der Waals surface area contributed by atoms with Crippen molar-refractivity contribution in [3.8, 4) is 0 Å². The van der Waals surface area contributed by atoms with Crippen molar-refractivity contribution >= 4 is 30.2 Å². The Morgan fingerprint density at radius 2 is 1.83 bits per heavy atom. The molecule has 6 nitrogen and oxygen atoms in total. The van der Waals surface area contributed by atoms with E-state index in [1.807, 2.05) is 78.8 Å². The summed E-state index contributed by atoms with van der Waals surface area (Å²) in [4.78, 5) is 16.6. The molecular formula is C23H31BN2O4. The number of rotatable bonds is 4. The van der Waals surface area contributed by atoms with Crippen LogP contribution >= 0.6 is 0 Å². The van der Waals surface area contributed by atoms with Crippen LogP contribution in [0.1, 0.15) is 54.0 Å². The Bertz CT molecular complexity index is 947. The summed E-state index contributed by atoms with van der Waals surface area (Å²) in [5.74, 6) is 0. The first kappa shape index (κ1) is 22.3. The summed E-state index contributed by atoms with van der Waals surface area (Å²) >= 11 is 0. The Hall–Kier alpha value is -2.38. The van der Waals surface area contributed by atoms with E-state index in [2.05, 4.69) is 16.4 Å². The smallest absolute Gasteiger partial charge is 0.444 e. The number of pyridine rings is 1. The summed E-state index contributed by atoms with van der Waals surface area (Å²) in [6.07, 6.45) is 3.29. The summed E-state index contributed by atoms with van der Waals surface area (Å²) < 4.78 is 17.8. The summed E-state index contributed by atoms with van der Waals surface area (Å²) in [6, 6.07) is 9.96. The van der Waals surface area contributed by atoms with E-state index >= 15 is 0 Å². The van der Waals surface area contributed by atoms with Gasteiger partial charge < -0.3 is 19.4 Å². The van der Waals surface area contributed by atoms with Crippen molar-refractivity contribution in [1.82, 2.24) is 10.3 Å². The lowest BCUT2D eigenvalue weighted by atomic mass is 9.77. The standard InChI is InChI=1S/C23H31BN2O4/c1-21(2,3)28-20(27)26-15-18(24-29-22(4,5)23(6,7)30-24)14-16-10-11-19-17(13-16)9-8-12-25-19/h8-14H,15H2,1-7H3,(H,26,27). The minimum atomic E-state index is -0.575. The third kappa shape index (κ3) is 5.21. The third-order valence-corrected chi connectivity index (χ3v) is 5.37. The first-order valence-corrected chi connectivity index (χ1v) is 10.2. The van der Waals surface area contributed by atoms with Crippen LogP contribution in [0.4, 0.5) is 4.79 Å². The minimum absolute atomic E-state index is 0.247. The van der Waals surface area contributed by atoms with Gasteiger partial charge in [0.25, 0.3) is 0 Å². The fraction of sp³-hybridized carbons (Fsp3) is 0.478. The van der Waals surface area contributed by atoms with Gasteiger partial charge in [0.1, 0.15) is 5.60 Å². The van der Waals surface area contributed by atoms with Crippen molar-refractivity contribution in [2.75, 3.05) is 6.54 Å². The van der Waals surface area contributed by atoms with Crippen LogP contribution < -0.4 is 5.32 Å². The molecule has 1 aliphatic heterocycles. The predicted octanol–water partition coefficient (Wildman–Crippen LogP) is 4.77. The molecule has 30 heavy (non-hydrogen) atoms. The molecule has 0 radical (unpaired) electrons. The number of nitrogens with zero attached hydrogens (tertiary/aromatic N) is 1. The van der Waals surface area contributed by atoms with Gasteiger partial charge in [0, 0.05) is 18.1 Å². The first-order valence-electron chi connectivity index (χ1n) is 10.2. The molecule has 160 valence electrons. The maximum absolute atomic E-state index is 12.2. The van der Waals surface area contributed by atoms with Crippen molar-refractivity contribution in [3.63, 3.8) is 0 Å². The zero-order chi connectivity index (χ0) is 22.2. The maximum atomic E-state index is 12.2. The number of ether oxygens (including phenoxy) is 1. The summed E-state index contributed by atoms with van der Waals surface area (Å²) in [5.41, 5.74) is 1.20. The van der Waals surface area contributed by atoms with Crippen molar-refractivity contribution in [2.24, 2.45) is 0 Å². The number of hydrogen-bond acceptors (Lipinski definition) is 5. The van der Waals surface area contributed by atoms with E-state index in [0.717, 1.165) is 21.9 Å². The van der Waals surface area contributed by atoms with Crippen molar-refractivity contribution < 1.29 is 18.8 Å². The summed E-state index contributed by atoms with van der Waals surface area (Å²) in [6.45, 7) is 13.8. The van der Waals surface area contributed by atoms with Gasteiger partial charge in [0.15, 0.2) is 0 Å². The molecule has 1 N–H and O–H groups in total. The number of carbonyl (C=O) groups is 1. The summed E-state index contributed by atoms with van der Waals surface area (Å²) in [5, 5.41) is 3.87. The average Bonchev–Trinajstić information content (AvgIpc) is 2.84. The topological polar surface area (TPSA) is 69.7 Å². The van der Waals surface area contributed by atoms with E-state index in [1.54, 1.807) is 6.20 Å². The van der Waals surface area contributed by atoms with Crippen LogP contribution in [0.3, 0.4) is 0 Å². The zero-order valence-corrected chi connectivity index (χ0v) is 18.9. The highest BCUT2D eigenvalue weighted by Crippen LogP contribution is 2.38. The molecule has 7 heteroatoms. The Balaban J connectivity index is 1.88. The van der Waals surface area contributed by atoms with Crippen LogP contribution in [0.25, 0.3) is 17.0 Å². The van der Waals surface area contributed by atoms with E-state index in [9.17, 15) is 4.79 Å². The fourth-order valence-electron chi connectivity index (χ4n) is 3.08. The average molecular weight is 410 g/mol. The Kier molecular flexibility index (Phi) is 5.98. The Morgan fingerprint density at radius 1 is 1.17 bits per heavy atom. The van der Waals surface area contributed by atoms with Gasteiger partial charge in [-0.1, -0.05) is 18.2 Å². The van der Waals surface area contributed by atoms with E-state index in [4.69, 9.17) is 14.0 Å². The van der Waals surface area contributed by atoms with Crippen LogP contribution in [0.15, 0.2) is 42.0 Å². The molecule has 1 aromatic heterocycles. The monoisotopic (exact) mass is 410 g/mol. The van der Waals surface area contributed by atoms with Gasteiger partial charge in [-0.05, 0) is 77.7 Å². The van der Waals surface area contributed by atoms with Crippen molar-refractivity contribution in [2.45, 2.75) is 65.3 Å². The molecule has 3 rings (SSSR count). The third-order valence-electron chi connectivity index (χ3n) is 5.37.